The Morgan fingerprint density at radius 1 is 1.04 bits per heavy atom. The van der Waals surface area contributed by atoms with E-state index < -0.39 is 29.6 Å². The molecule has 0 aromatic heterocycles. The summed E-state index contributed by atoms with van der Waals surface area (Å²) in [5.74, 6) is 5.57. The maximum atomic E-state index is 13.1. The van der Waals surface area contributed by atoms with Crippen LogP contribution in [0.3, 0.4) is 0 Å². The highest BCUT2D eigenvalue weighted by Gasteiger charge is 2.42. The number of nitrogens with one attached hydrogen (secondary N) is 6. The van der Waals surface area contributed by atoms with Gasteiger partial charge in [-0.15, -0.1) is 0 Å². The summed E-state index contributed by atoms with van der Waals surface area (Å²) < 4.78 is 5.57. The number of allylic oxidation sites excluding steroid dienone is 1. The second kappa shape index (κ2) is 18.8. The Labute approximate surface area is 270 Å². The van der Waals surface area contributed by atoms with Gasteiger partial charge in [-0.2, -0.15) is 11.8 Å². The van der Waals surface area contributed by atoms with Crippen molar-refractivity contribution in [3.8, 4) is 0 Å². The largest absolute Gasteiger partial charge is 0.442 e. The van der Waals surface area contributed by atoms with Crippen LogP contribution >= 0.6 is 11.8 Å². The van der Waals surface area contributed by atoms with Gasteiger partial charge in [0.05, 0.1) is 18.1 Å². The van der Waals surface area contributed by atoms with E-state index in [1.807, 2.05) is 36.3 Å². The quantitative estimate of drug-likeness (QED) is 0.0281. The predicted octanol–water partition coefficient (Wildman–Crippen LogP) is 1.05. The zero-order valence-electron chi connectivity index (χ0n) is 26.4. The van der Waals surface area contributed by atoms with E-state index in [-0.39, 0.29) is 29.9 Å². The molecule has 3 rings (SSSR count). The Balaban J connectivity index is 1.23. The molecule has 1 aliphatic carbocycles. The Kier molecular flexibility index (Phi) is 15.2. The van der Waals surface area contributed by atoms with E-state index in [2.05, 4.69) is 26.6 Å². The molecule has 3 aliphatic rings. The lowest BCUT2D eigenvalue weighted by Gasteiger charge is -2.31. The molecule has 0 bridgehead atoms. The van der Waals surface area contributed by atoms with E-state index in [4.69, 9.17) is 16.3 Å². The van der Waals surface area contributed by atoms with Crippen LogP contribution in [0.5, 0.6) is 0 Å². The molecule has 2 aliphatic heterocycles. The van der Waals surface area contributed by atoms with E-state index >= 15 is 0 Å². The number of unbranched alkanes of at least 4 members (excludes halogenated alkanes) is 2. The highest BCUT2D eigenvalue weighted by atomic mass is 32.2. The molecule has 0 aromatic rings. The molecule has 0 radical (unpaired) electrons. The lowest BCUT2D eigenvalue weighted by molar-refractivity contribution is -0.131. The Morgan fingerprint density at radius 2 is 1.82 bits per heavy atom. The summed E-state index contributed by atoms with van der Waals surface area (Å²) in [6.07, 6.45) is 11.0. The van der Waals surface area contributed by atoms with Crippen LogP contribution in [-0.4, -0.2) is 84.7 Å². The van der Waals surface area contributed by atoms with Gasteiger partial charge in [0.1, 0.15) is 6.10 Å². The minimum Gasteiger partial charge on any atom is -0.442 e. The molecule has 2 fully saturated rings. The topological polar surface area (TPSA) is 219 Å². The molecule has 15 heteroatoms. The second-order valence-corrected chi connectivity index (χ2v) is 13.6. The van der Waals surface area contributed by atoms with Crippen molar-refractivity contribution in [1.29, 1.82) is 0 Å². The fourth-order valence-electron chi connectivity index (χ4n) is 5.85. The molecule has 6 unspecified atom stereocenters. The van der Waals surface area contributed by atoms with Crippen LogP contribution < -0.4 is 43.6 Å². The highest BCUT2D eigenvalue weighted by molar-refractivity contribution is 8.00. The molecule has 10 N–H and O–H groups in total. The Morgan fingerprint density at radius 3 is 2.62 bits per heavy atom. The molecule has 254 valence electrons. The van der Waals surface area contributed by atoms with Gasteiger partial charge < -0.3 is 37.1 Å². The maximum Gasteiger partial charge on any atom is 0.407 e. The van der Waals surface area contributed by atoms with Gasteiger partial charge in [-0.3, -0.25) is 19.8 Å². The fourth-order valence-corrected chi connectivity index (χ4v) is 7.39. The minimum atomic E-state index is -0.673. The zero-order chi connectivity index (χ0) is 32.7. The molecule has 0 saturated carbocycles. The second-order valence-electron chi connectivity index (χ2n) is 12.4. The van der Waals surface area contributed by atoms with Crippen LogP contribution in [0, 0.1) is 5.41 Å². The predicted molar refractivity (Wildman–Crippen MR) is 173 cm³/mol. The third-order valence-corrected chi connectivity index (χ3v) is 10.2. The molecule has 2 heterocycles. The lowest BCUT2D eigenvalue weighted by Crippen LogP contribution is -2.43. The number of rotatable bonds is 17. The number of urea groups is 1. The first-order valence-corrected chi connectivity index (χ1v) is 17.3. The van der Waals surface area contributed by atoms with Crippen LogP contribution in [0.1, 0.15) is 84.0 Å². The Bertz CT molecular complexity index is 1050. The van der Waals surface area contributed by atoms with E-state index in [1.165, 1.54) is 0 Å². The first-order valence-electron chi connectivity index (χ1n) is 16.2. The van der Waals surface area contributed by atoms with Gasteiger partial charge in [0, 0.05) is 42.5 Å². The van der Waals surface area contributed by atoms with Crippen molar-refractivity contribution in [3.05, 3.63) is 12.2 Å². The first kappa shape index (κ1) is 36.4. The first-order chi connectivity index (χ1) is 21.6. The van der Waals surface area contributed by atoms with Crippen LogP contribution in [0.15, 0.2) is 12.2 Å². The van der Waals surface area contributed by atoms with Crippen LogP contribution in [0.2, 0.25) is 0 Å². The molecule has 14 nitrogen and oxygen atoms in total. The van der Waals surface area contributed by atoms with E-state index in [9.17, 15) is 24.0 Å². The van der Waals surface area contributed by atoms with Gasteiger partial charge in [-0.1, -0.05) is 19.4 Å². The van der Waals surface area contributed by atoms with Gasteiger partial charge in [0.2, 0.25) is 11.8 Å². The van der Waals surface area contributed by atoms with E-state index in [0.29, 0.717) is 82.7 Å². The third-order valence-electron chi connectivity index (χ3n) is 8.73. The molecular formula is C30H52N8O6S. The summed E-state index contributed by atoms with van der Waals surface area (Å²) in [7, 11) is 0. The van der Waals surface area contributed by atoms with Gasteiger partial charge in [-0.25, -0.2) is 15.4 Å². The van der Waals surface area contributed by atoms with Crippen molar-refractivity contribution in [2.45, 2.75) is 113 Å². The smallest absolute Gasteiger partial charge is 0.407 e. The monoisotopic (exact) mass is 652 g/mol. The average molecular weight is 653 g/mol. The minimum absolute atomic E-state index is 0.0173. The number of nitrogens with two attached hydrogens (primary N) is 2. The summed E-state index contributed by atoms with van der Waals surface area (Å²) in [6.45, 7) is 3.31. The van der Waals surface area contributed by atoms with Crippen LogP contribution in [-0.2, 0) is 19.1 Å². The van der Waals surface area contributed by atoms with Crippen molar-refractivity contribution in [2.75, 3.05) is 25.4 Å². The van der Waals surface area contributed by atoms with Crippen molar-refractivity contribution in [3.63, 3.8) is 0 Å². The van der Waals surface area contributed by atoms with Crippen LogP contribution in [0.4, 0.5) is 9.59 Å². The van der Waals surface area contributed by atoms with Gasteiger partial charge in [0.15, 0.2) is 0 Å². The lowest BCUT2D eigenvalue weighted by atomic mass is 9.78. The molecule has 6 amide bonds. The number of hydrogen-bond donors (Lipinski definition) is 8. The van der Waals surface area contributed by atoms with Gasteiger partial charge in [-0.05, 0) is 70.3 Å². The van der Waals surface area contributed by atoms with Crippen molar-refractivity contribution in [2.24, 2.45) is 17.0 Å². The summed E-state index contributed by atoms with van der Waals surface area (Å²) in [6, 6.07) is -0.332. The van der Waals surface area contributed by atoms with Gasteiger partial charge >= 0.3 is 12.1 Å². The number of hydrazine groups is 1. The summed E-state index contributed by atoms with van der Waals surface area (Å²) in [4.78, 5) is 60.4. The summed E-state index contributed by atoms with van der Waals surface area (Å²) >= 11 is 1.88. The van der Waals surface area contributed by atoms with Gasteiger partial charge in [0.25, 0.3) is 5.91 Å². The number of carbonyl (C=O) groups excluding carboxylic acids is 5. The number of fused-ring (bicyclic) bond motifs is 1. The molecule has 0 aromatic carbocycles. The number of alkyl carbamates (subject to hydrolysis) is 1. The highest BCUT2D eigenvalue weighted by Crippen LogP contribution is 2.34. The Hall–Kier alpha value is -3.04. The molecule has 6 atom stereocenters. The number of amides is 6. The molecule has 45 heavy (non-hydrogen) atoms. The normalized spacial score (nSPS) is 27.0. The molecule has 0 spiro atoms. The summed E-state index contributed by atoms with van der Waals surface area (Å²) in [5.41, 5.74) is 7.13. The SMILES string of the molecule is CC1(C(=O)NCCCNC(=O)CCCCC2SCC3NC(=O)NC32)CC/C=C/C(OC(=O)NCCCCC(N)C(=O)NN)CC1. The van der Waals surface area contributed by atoms with Crippen LogP contribution in [0.25, 0.3) is 0 Å². The van der Waals surface area contributed by atoms with Crippen molar-refractivity contribution < 1.29 is 28.7 Å². The zero-order valence-corrected chi connectivity index (χ0v) is 27.2. The molecular weight excluding hydrogens is 600 g/mol. The fraction of sp³-hybridized carbons (Fsp3) is 0.767. The number of hydrogen-bond acceptors (Lipinski definition) is 9. The van der Waals surface area contributed by atoms with Crippen molar-refractivity contribution >= 4 is 41.6 Å². The number of ether oxygens (including phenoxy) is 1. The molecule has 2 saturated heterocycles. The number of thioether (sulfide) groups is 1. The summed E-state index contributed by atoms with van der Waals surface area (Å²) in [5, 5.41) is 15.0. The van der Waals surface area contributed by atoms with Crippen molar-refractivity contribution in [1.82, 2.24) is 32.0 Å². The maximum absolute atomic E-state index is 13.1. The third kappa shape index (κ3) is 12.3. The average Bonchev–Trinajstić information content (AvgIpc) is 3.56. The van der Waals surface area contributed by atoms with E-state index in [1.54, 1.807) is 0 Å². The van der Waals surface area contributed by atoms with E-state index in [0.717, 1.165) is 25.0 Å². The standard InChI is InChI=1S/C30H52N8O6S/c1-30(14-6-4-9-20(13-15-30)44-29(43)35-16-7-5-10-21(31)26(40)38-32)27(41)34-18-8-17-33-24(39)12-3-2-11-23-25-22(19-45-23)36-28(42)37-25/h4,9,20-23,25H,2-3,5-8,10-19,31-32H2,1H3,(H,33,39)(H,34,41)(H,35,43)(H,38,40)(H2,36,37,42)/b9-4+. The number of carbonyl (C=O) groups is 5.